The first-order valence-corrected chi connectivity index (χ1v) is 5.10. The fourth-order valence-corrected chi connectivity index (χ4v) is 2.12. The maximum atomic E-state index is 10.0. The Balaban J connectivity index is 2.66. The second-order valence-corrected chi connectivity index (χ2v) is 3.98. The van der Waals surface area contributed by atoms with E-state index < -0.39 is 0 Å². The SMILES string of the molecule is Cc1cc(O)c2[nH]c3ccccc3c2c1O. The highest BCUT2D eigenvalue weighted by molar-refractivity contribution is 6.12. The molecule has 3 rings (SSSR count). The zero-order valence-corrected chi connectivity index (χ0v) is 8.78. The van der Waals surface area contributed by atoms with Gasteiger partial charge >= 0.3 is 0 Å². The number of phenols is 2. The molecule has 0 saturated carbocycles. The number of phenolic OH excluding ortho intramolecular Hbond substituents is 2. The average molecular weight is 213 g/mol. The monoisotopic (exact) mass is 213 g/mol. The number of fused-ring (bicyclic) bond motifs is 3. The van der Waals surface area contributed by atoms with E-state index >= 15 is 0 Å². The normalized spacial score (nSPS) is 11.3. The molecule has 0 aliphatic heterocycles. The Morgan fingerprint density at radius 1 is 1.12 bits per heavy atom. The van der Waals surface area contributed by atoms with Crippen molar-refractivity contribution < 1.29 is 10.2 Å². The predicted molar refractivity (Wildman–Crippen MR) is 63.9 cm³/mol. The van der Waals surface area contributed by atoms with Crippen LogP contribution in [0.15, 0.2) is 30.3 Å². The van der Waals surface area contributed by atoms with Gasteiger partial charge in [-0.1, -0.05) is 18.2 Å². The first-order valence-electron chi connectivity index (χ1n) is 5.10. The van der Waals surface area contributed by atoms with Crippen molar-refractivity contribution in [2.75, 3.05) is 0 Å². The predicted octanol–water partition coefficient (Wildman–Crippen LogP) is 3.04. The Labute approximate surface area is 92.0 Å². The second-order valence-electron chi connectivity index (χ2n) is 3.98. The van der Waals surface area contributed by atoms with Gasteiger partial charge in [0.2, 0.25) is 0 Å². The van der Waals surface area contributed by atoms with Gasteiger partial charge in [0.05, 0.1) is 10.9 Å². The van der Waals surface area contributed by atoms with E-state index in [1.54, 1.807) is 13.0 Å². The van der Waals surface area contributed by atoms with Crippen LogP contribution in [-0.2, 0) is 0 Å². The van der Waals surface area contributed by atoms with Gasteiger partial charge in [0, 0.05) is 10.9 Å². The third kappa shape index (κ3) is 1.03. The van der Waals surface area contributed by atoms with Crippen molar-refractivity contribution in [3.8, 4) is 11.5 Å². The van der Waals surface area contributed by atoms with E-state index in [0.717, 1.165) is 10.9 Å². The summed E-state index contributed by atoms with van der Waals surface area (Å²) in [5.74, 6) is 0.395. The number of nitrogens with one attached hydrogen (secondary N) is 1. The van der Waals surface area contributed by atoms with E-state index in [9.17, 15) is 10.2 Å². The fourth-order valence-electron chi connectivity index (χ4n) is 2.12. The summed E-state index contributed by atoms with van der Waals surface area (Å²) in [4.78, 5) is 3.10. The van der Waals surface area contributed by atoms with Crippen LogP contribution in [-0.4, -0.2) is 15.2 Å². The molecular weight excluding hydrogens is 202 g/mol. The van der Waals surface area contributed by atoms with E-state index in [1.807, 2.05) is 24.3 Å². The van der Waals surface area contributed by atoms with E-state index in [0.29, 0.717) is 16.5 Å². The molecule has 3 aromatic rings. The third-order valence-corrected chi connectivity index (χ3v) is 2.93. The molecule has 0 aliphatic carbocycles. The van der Waals surface area contributed by atoms with Crippen LogP contribution < -0.4 is 0 Å². The second kappa shape index (κ2) is 2.92. The molecule has 3 N–H and O–H groups in total. The summed E-state index contributed by atoms with van der Waals surface area (Å²) in [5, 5.41) is 21.5. The van der Waals surface area contributed by atoms with Crippen LogP contribution >= 0.6 is 0 Å². The molecule has 0 atom stereocenters. The molecule has 0 radical (unpaired) electrons. The van der Waals surface area contributed by atoms with Crippen LogP contribution in [0.1, 0.15) is 5.56 Å². The molecule has 1 aromatic heterocycles. The zero-order valence-electron chi connectivity index (χ0n) is 8.78. The van der Waals surface area contributed by atoms with Gasteiger partial charge < -0.3 is 15.2 Å². The lowest BCUT2D eigenvalue weighted by molar-refractivity contribution is 0.466. The van der Waals surface area contributed by atoms with Crippen LogP contribution in [0.5, 0.6) is 11.5 Å². The van der Waals surface area contributed by atoms with Crippen molar-refractivity contribution in [3.05, 3.63) is 35.9 Å². The van der Waals surface area contributed by atoms with Gasteiger partial charge in [0.1, 0.15) is 11.5 Å². The van der Waals surface area contributed by atoms with Crippen molar-refractivity contribution in [1.82, 2.24) is 4.98 Å². The number of hydrogen-bond acceptors (Lipinski definition) is 2. The molecule has 0 amide bonds. The highest BCUT2D eigenvalue weighted by Gasteiger charge is 2.13. The minimum absolute atomic E-state index is 0.168. The number of aryl methyl sites for hydroxylation is 1. The number of H-pyrrole nitrogens is 1. The van der Waals surface area contributed by atoms with E-state index in [2.05, 4.69) is 4.98 Å². The number of benzene rings is 2. The highest BCUT2D eigenvalue weighted by atomic mass is 16.3. The van der Waals surface area contributed by atoms with Gasteiger partial charge in [0.25, 0.3) is 0 Å². The summed E-state index contributed by atoms with van der Waals surface area (Å²) in [6, 6.07) is 9.23. The van der Waals surface area contributed by atoms with Crippen molar-refractivity contribution in [2.24, 2.45) is 0 Å². The maximum absolute atomic E-state index is 10.0. The summed E-state index contributed by atoms with van der Waals surface area (Å²) in [6.45, 7) is 1.77. The molecule has 0 aliphatic rings. The first kappa shape index (κ1) is 9.09. The number of para-hydroxylation sites is 1. The number of aromatic amines is 1. The quantitative estimate of drug-likeness (QED) is 0.503. The van der Waals surface area contributed by atoms with Crippen molar-refractivity contribution in [1.29, 1.82) is 0 Å². The summed E-state index contributed by atoms with van der Waals surface area (Å²) in [5.41, 5.74) is 2.17. The van der Waals surface area contributed by atoms with Crippen LogP contribution in [0.4, 0.5) is 0 Å². The molecule has 0 saturated heterocycles. The number of aromatic nitrogens is 1. The molecule has 0 spiro atoms. The van der Waals surface area contributed by atoms with E-state index in [-0.39, 0.29) is 11.5 Å². The fraction of sp³-hybridized carbons (Fsp3) is 0.0769. The minimum atomic E-state index is 0.168. The van der Waals surface area contributed by atoms with Crippen LogP contribution in [0.3, 0.4) is 0 Å². The van der Waals surface area contributed by atoms with E-state index in [4.69, 9.17) is 0 Å². The van der Waals surface area contributed by atoms with E-state index in [1.165, 1.54) is 0 Å². The van der Waals surface area contributed by atoms with Gasteiger partial charge in [-0.3, -0.25) is 0 Å². The molecule has 0 fully saturated rings. The Morgan fingerprint density at radius 2 is 1.88 bits per heavy atom. The molecule has 0 unspecified atom stereocenters. The molecular formula is C13H11NO2. The standard InChI is InChI=1S/C13H11NO2/c1-7-6-10(15)12-11(13(7)16)8-4-2-3-5-9(8)14-12/h2-6,14-16H,1H3. The van der Waals surface area contributed by atoms with Crippen molar-refractivity contribution >= 4 is 21.8 Å². The zero-order chi connectivity index (χ0) is 11.3. The van der Waals surface area contributed by atoms with Crippen LogP contribution in [0.2, 0.25) is 0 Å². The maximum Gasteiger partial charge on any atom is 0.140 e. The largest absolute Gasteiger partial charge is 0.507 e. The number of aromatic hydroxyl groups is 2. The molecule has 16 heavy (non-hydrogen) atoms. The Bertz CT molecular complexity index is 698. The van der Waals surface area contributed by atoms with Crippen molar-refractivity contribution in [3.63, 3.8) is 0 Å². The molecule has 0 bridgehead atoms. The third-order valence-electron chi connectivity index (χ3n) is 2.93. The average Bonchev–Trinajstić information content (AvgIpc) is 2.66. The van der Waals surface area contributed by atoms with Crippen LogP contribution in [0.25, 0.3) is 21.8 Å². The summed E-state index contributed by atoms with van der Waals surface area (Å²) in [6.07, 6.45) is 0. The number of hydrogen-bond donors (Lipinski definition) is 3. The molecule has 2 aromatic carbocycles. The van der Waals surface area contributed by atoms with Crippen LogP contribution in [0, 0.1) is 6.92 Å². The molecule has 3 heteroatoms. The minimum Gasteiger partial charge on any atom is -0.507 e. The highest BCUT2D eigenvalue weighted by Crippen LogP contribution is 2.39. The summed E-state index contributed by atoms with van der Waals surface area (Å²) < 4.78 is 0. The van der Waals surface area contributed by atoms with Gasteiger partial charge in [-0.2, -0.15) is 0 Å². The van der Waals surface area contributed by atoms with Gasteiger partial charge in [-0.25, -0.2) is 0 Å². The summed E-state index contributed by atoms with van der Waals surface area (Å²) in [7, 11) is 0. The molecule has 3 nitrogen and oxygen atoms in total. The van der Waals surface area contributed by atoms with Gasteiger partial charge in [0.15, 0.2) is 0 Å². The van der Waals surface area contributed by atoms with Crippen molar-refractivity contribution in [2.45, 2.75) is 6.92 Å². The number of rotatable bonds is 0. The Morgan fingerprint density at radius 3 is 2.69 bits per heavy atom. The molecule has 80 valence electrons. The first-order chi connectivity index (χ1) is 7.68. The Kier molecular flexibility index (Phi) is 1.66. The lowest BCUT2D eigenvalue weighted by Gasteiger charge is -2.02. The van der Waals surface area contributed by atoms with Gasteiger partial charge in [-0.05, 0) is 24.6 Å². The smallest absolute Gasteiger partial charge is 0.140 e. The Hall–Kier alpha value is -2.16. The van der Waals surface area contributed by atoms with Gasteiger partial charge in [-0.15, -0.1) is 0 Å². The summed E-state index contributed by atoms with van der Waals surface area (Å²) >= 11 is 0. The topological polar surface area (TPSA) is 56.2 Å². The molecule has 1 heterocycles. The lowest BCUT2D eigenvalue weighted by atomic mass is 10.1. The lowest BCUT2D eigenvalue weighted by Crippen LogP contribution is -1.77.